The van der Waals surface area contributed by atoms with Crippen LogP contribution in [0.4, 0.5) is 0 Å². The van der Waals surface area contributed by atoms with Crippen LogP contribution in [-0.2, 0) is 14.6 Å². The lowest BCUT2D eigenvalue weighted by Gasteiger charge is -2.32. The van der Waals surface area contributed by atoms with E-state index in [1.807, 2.05) is 13.8 Å². The summed E-state index contributed by atoms with van der Waals surface area (Å²) >= 11 is 0. The first kappa shape index (κ1) is 13.8. The molecule has 0 spiro atoms. The van der Waals surface area contributed by atoms with E-state index in [9.17, 15) is 13.2 Å². The molecule has 104 valence electrons. The van der Waals surface area contributed by atoms with Crippen LogP contribution < -0.4 is 10.6 Å². The lowest BCUT2D eigenvalue weighted by atomic mass is 9.91. The summed E-state index contributed by atoms with van der Waals surface area (Å²) in [6, 6.07) is 0. The van der Waals surface area contributed by atoms with Crippen molar-refractivity contribution < 1.29 is 13.2 Å². The summed E-state index contributed by atoms with van der Waals surface area (Å²) in [6.45, 7) is 4.68. The first-order valence-electron chi connectivity index (χ1n) is 6.59. The molecule has 2 atom stereocenters. The molecule has 2 fully saturated rings. The molecule has 2 heterocycles. The molecule has 2 saturated heterocycles. The van der Waals surface area contributed by atoms with Crippen molar-refractivity contribution in [2.75, 3.05) is 18.1 Å². The van der Waals surface area contributed by atoms with Crippen molar-refractivity contribution in [3.63, 3.8) is 0 Å². The van der Waals surface area contributed by atoms with E-state index in [0.29, 0.717) is 6.42 Å². The lowest BCUT2D eigenvalue weighted by Crippen LogP contribution is -2.59. The molecule has 0 bridgehead atoms. The predicted octanol–water partition coefficient (Wildman–Crippen LogP) is 0.212. The van der Waals surface area contributed by atoms with Gasteiger partial charge in [-0.1, -0.05) is 6.92 Å². The molecule has 5 nitrogen and oxygen atoms in total. The molecule has 2 aliphatic rings. The van der Waals surface area contributed by atoms with Gasteiger partial charge in [-0.05, 0) is 39.2 Å². The van der Waals surface area contributed by atoms with Crippen LogP contribution in [0.1, 0.15) is 39.5 Å². The smallest absolute Gasteiger partial charge is 0.240 e. The number of sulfone groups is 1. The van der Waals surface area contributed by atoms with Crippen LogP contribution in [0.25, 0.3) is 0 Å². The van der Waals surface area contributed by atoms with Crippen molar-refractivity contribution in [1.29, 1.82) is 0 Å². The van der Waals surface area contributed by atoms with E-state index >= 15 is 0 Å². The van der Waals surface area contributed by atoms with Crippen molar-refractivity contribution in [3.05, 3.63) is 0 Å². The maximum Gasteiger partial charge on any atom is 0.240 e. The normalized spacial score (nSPS) is 38.8. The van der Waals surface area contributed by atoms with Gasteiger partial charge in [0.15, 0.2) is 9.84 Å². The fourth-order valence-electron chi connectivity index (χ4n) is 2.97. The summed E-state index contributed by atoms with van der Waals surface area (Å²) in [6.07, 6.45) is 3.08. The molecule has 2 aliphatic heterocycles. The second-order valence-electron chi connectivity index (χ2n) is 5.82. The van der Waals surface area contributed by atoms with Crippen LogP contribution >= 0.6 is 0 Å². The molecule has 18 heavy (non-hydrogen) atoms. The summed E-state index contributed by atoms with van der Waals surface area (Å²) in [5.41, 5.74) is -1.09. The Kier molecular flexibility index (Phi) is 3.44. The Hall–Kier alpha value is -0.620. The molecule has 0 aliphatic carbocycles. The van der Waals surface area contributed by atoms with E-state index in [-0.39, 0.29) is 17.4 Å². The van der Waals surface area contributed by atoms with Gasteiger partial charge in [-0.3, -0.25) is 4.79 Å². The van der Waals surface area contributed by atoms with E-state index in [2.05, 4.69) is 10.6 Å². The van der Waals surface area contributed by atoms with E-state index in [4.69, 9.17) is 0 Å². The van der Waals surface area contributed by atoms with E-state index in [1.165, 1.54) is 0 Å². The fourth-order valence-corrected chi connectivity index (χ4v) is 5.06. The summed E-state index contributed by atoms with van der Waals surface area (Å²) < 4.78 is 23.1. The third kappa shape index (κ3) is 2.54. The fraction of sp³-hybridized carbons (Fsp3) is 0.917. The Morgan fingerprint density at radius 2 is 2.11 bits per heavy atom. The Bertz CT molecular complexity index is 440. The van der Waals surface area contributed by atoms with Gasteiger partial charge in [-0.25, -0.2) is 8.42 Å². The Morgan fingerprint density at radius 1 is 1.39 bits per heavy atom. The number of carbonyl (C=O) groups excluding carboxylic acids is 1. The minimum Gasteiger partial charge on any atom is -0.348 e. The van der Waals surface area contributed by atoms with Gasteiger partial charge in [0.2, 0.25) is 5.91 Å². The van der Waals surface area contributed by atoms with Crippen molar-refractivity contribution in [2.24, 2.45) is 0 Å². The highest BCUT2D eigenvalue weighted by Crippen LogP contribution is 2.27. The van der Waals surface area contributed by atoms with Gasteiger partial charge in [0, 0.05) is 0 Å². The SMILES string of the molecule is CCC1(C(=O)NC2(C)CCS(=O)(=O)C2)CCCN1. The maximum atomic E-state index is 12.4. The molecule has 1 amide bonds. The summed E-state index contributed by atoms with van der Waals surface area (Å²) in [5.74, 6) is 0.198. The Morgan fingerprint density at radius 3 is 2.56 bits per heavy atom. The molecule has 2 rings (SSSR count). The van der Waals surface area contributed by atoms with Crippen molar-refractivity contribution in [2.45, 2.75) is 50.6 Å². The summed E-state index contributed by atoms with van der Waals surface area (Å²) in [5, 5.41) is 6.23. The number of amides is 1. The van der Waals surface area contributed by atoms with Crippen molar-refractivity contribution in [1.82, 2.24) is 10.6 Å². The first-order valence-corrected chi connectivity index (χ1v) is 8.41. The van der Waals surface area contributed by atoms with Gasteiger partial charge in [-0.15, -0.1) is 0 Å². The van der Waals surface area contributed by atoms with Crippen LogP contribution in [0.15, 0.2) is 0 Å². The van der Waals surface area contributed by atoms with Gasteiger partial charge in [0.25, 0.3) is 0 Å². The monoisotopic (exact) mass is 274 g/mol. The van der Waals surface area contributed by atoms with Gasteiger partial charge < -0.3 is 10.6 Å². The number of rotatable bonds is 3. The first-order chi connectivity index (χ1) is 8.31. The average molecular weight is 274 g/mol. The molecule has 0 aromatic carbocycles. The van der Waals surface area contributed by atoms with E-state index in [1.54, 1.807) is 0 Å². The number of nitrogens with one attached hydrogen (secondary N) is 2. The third-order valence-corrected chi connectivity index (χ3v) is 6.10. The summed E-state index contributed by atoms with van der Waals surface area (Å²) in [4.78, 5) is 12.4. The molecule has 0 saturated carbocycles. The highest BCUT2D eigenvalue weighted by molar-refractivity contribution is 7.91. The number of hydrogen-bond acceptors (Lipinski definition) is 4. The Labute approximate surface area is 109 Å². The molecular formula is C12H22N2O3S. The van der Waals surface area contributed by atoms with Gasteiger partial charge in [0.05, 0.1) is 22.6 Å². The van der Waals surface area contributed by atoms with Crippen LogP contribution in [0.5, 0.6) is 0 Å². The maximum absolute atomic E-state index is 12.4. The topological polar surface area (TPSA) is 75.3 Å². The Balaban J connectivity index is 2.08. The second-order valence-corrected chi connectivity index (χ2v) is 8.01. The average Bonchev–Trinajstić information content (AvgIpc) is 2.84. The van der Waals surface area contributed by atoms with Crippen LogP contribution in [0.2, 0.25) is 0 Å². The lowest BCUT2D eigenvalue weighted by molar-refractivity contribution is -0.128. The van der Waals surface area contributed by atoms with E-state index < -0.39 is 20.9 Å². The molecular weight excluding hydrogens is 252 g/mol. The minimum absolute atomic E-state index is 0.0397. The minimum atomic E-state index is -2.98. The zero-order chi connectivity index (χ0) is 13.4. The van der Waals surface area contributed by atoms with Gasteiger partial charge in [-0.2, -0.15) is 0 Å². The molecule has 2 unspecified atom stereocenters. The zero-order valence-electron chi connectivity index (χ0n) is 11.1. The van der Waals surface area contributed by atoms with Crippen molar-refractivity contribution >= 4 is 15.7 Å². The standard InChI is InChI=1S/C12H22N2O3S/c1-3-12(5-4-7-13-12)10(15)14-11(2)6-8-18(16,17)9-11/h13H,3-9H2,1-2H3,(H,14,15). The van der Waals surface area contributed by atoms with Gasteiger partial charge in [0.1, 0.15) is 0 Å². The summed E-state index contributed by atoms with van der Waals surface area (Å²) in [7, 11) is -2.98. The molecule has 2 N–H and O–H groups in total. The molecule has 0 aromatic rings. The van der Waals surface area contributed by atoms with Crippen LogP contribution in [0, 0.1) is 0 Å². The second kappa shape index (κ2) is 4.49. The molecule has 0 radical (unpaired) electrons. The molecule has 6 heteroatoms. The number of carbonyl (C=O) groups is 1. The van der Waals surface area contributed by atoms with Crippen molar-refractivity contribution in [3.8, 4) is 0 Å². The zero-order valence-corrected chi connectivity index (χ0v) is 11.9. The van der Waals surface area contributed by atoms with Gasteiger partial charge >= 0.3 is 0 Å². The van der Waals surface area contributed by atoms with Crippen LogP contribution in [0.3, 0.4) is 0 Å². The number of hydrogen-bond donors (Lipinski definition) is 2. The van der Waals surface area contributed by atoms with E-state index in [0.717, 1.165) is 25.8 Å². The highest BCUT2D eigenvalue weighted by atomic mass is 32.2. The highest BCUT2D eigenvalue weighted by Gasteiger charge is 2.45. The molecule has 0 aromatic heterocycles. The third-order valence-electron chi connectivity index (χ3n) is 4.20. The van der Waals surface area contributed by atoms with Crippen LogP contribution in [-0.4, -0.2) is 43.5 Å². The largest absolute Gasteiger partial charge is 0.348 e. The predicted molar refractivity (Wildman–Crippen MR) is 70.1 cm³/mol. The quantitative estimate of drug-likeness (QED) is 0.771.